The minimum atomic E-state index is -1.10. The Morgan fingerprint density at radius 3 is 2.74 bits per heavy atom. The lowest BCUT2D eigenvalue weighted by atomic mass is 9.87. The summed E-state index contributed by atoms with van der Waals surface area (Å²) in [6.07, 6.45) is 1.90. The van der Waals surface area contributed by atoms with Crippen molar-refractivity contribution in [1.82, 2.24) is 4.90 Å². The van der Waals surface area contributed by atoms with Crippen LogP contribution in [-0.4, -0.2) is 16.8 Å². The number of fused-ring (bicyclic) bond motifs is 2. The van der Waals surface area contributed by atoms with Crippen molar-refractivity contribution in [2.45, 2.75) is 18.5 Å². The van der Waals surface area contributed by atoms with Gasteiger partial charge in [-0.1, -0.05) is 18.2 Å². The van der Waals surface area contributed by atoms with Crippen molar-refractivity contribution < 1.29 is 18.7 Å². The number of carbonyl (C=O) groups is 2. The van der Waals surface area contributed by atoms with Crippen molar-refractivity contribution in [3.05, 3.63) is 69.4 Å². The van der Waals surface area contributed by atoms with E-state index in [-0.39, 0.29) is 12.5 Å². The summed E-state index contributed by atoms with van der Waals surface area (Å²) in [5.41, 5.74) is 0.151. The van der Waals surface area contributed by atoms with Gasteiger partial charge in [0, 0.05) is 21.6 Å². The minimum Gasteiger partial charge on any atom is -0.467 e. The highest BCUT2D eigenvalue weighted by Gasteiger charge is 2.60. The lowest BCUT2D eigenvalue weighted by Gasteiger charge is -2.30. The second-order valence-corrected chi connectivity index (χ2v) is 6.14. The van der Waals surface area contributed by atoms with E-state index in [1.165, 1.54) is 0 Å². The molecule has 2 aromatic rings. The molecule has 0 N–H and O–H groups in total. The fraction of sp³-hybridized carbons (Fsp3) is 0.176. The molecule has 5 nitrogen and oxygen atoms in total. The molecule has 3 heterocycles. The Bertz CT molecular complexity index is 827. The molecule has 116 valence electrons. The van der Waals surface area contributed by atoms with Crippen LogP contribution in [0, 0.1) is 0 Å². The summed E-state index contributed by atoms with van der Waals surface area (Å²) in [6, 6.07) is 10.8. The molecule has 1 amide bonds. The highest BCUT2D eigenvalue weighted by atomic mass is 127. The number of esters is 1. The molecule has 6 heteroatoms. The smallest absolute Gasteiger partial charge is 0.342 e. The number of hydrogen-bond donors (Lipinski definition) is 0. The van der Waals surface area contributed by atoms with E-state index in [0.29, 0.717) is 29.1 Å². The van der Waals surface area contributed by atoms with E-state index in [4.69, 9.17) is 9.15 Å². The Labute approximate surface area is 146 Å². The third-order valence-corrected chi connectivity index (χ3v) is 5.01. The SMILES string of the molecule is O=C1c2ccccc2C2(C/C(=C\I)OC2=O)N1Cc1ccco1. The van der Waals surface area contributed by atoms with Crippen molar-refractivity contribution in [2.24, 2.45) is 0 Å². The molecule has 0 radical (unpaired) electrons. The highest BCUT2D eigenvalue weighted by molar-refractivity contribution is 14.1. The van der Waals surface area contributed by atoms with Crippen LogP contribution in [0.25, 0.3) is 0 Å². The van der Waals surface area contributed by atoms with Gasteiger partial charge in [0.2, 0.25) is 0 Å². The van der Waals surface area contributed by atoms with Gasteiger partial charge in [0.25, 0.3) is 5.91 Å². The lowest BCUT2D eigenvalue weighted by molar-refractivity contribution is -0.145. The number of halogens is 1. The predicted octanol–water partition coefficient (Wildman–Crippen LogP) is 3.35. The first-order chi connectivity index (χ1) is 11.2. The normalized spacial score (nSPS) is 24.6. The van der Waals surface area contributed by atoms with Crippen molar-refractivity contribution in [3.8, 4) is 0 Å². The molecule has 1 saturated heterocycles. The molecular weight excluding hydrogens is 409 g/mol. The van der Waals surface area contributed by atoms with Gasteiger partial charge in [0.1, 0.15) is 11.5 Å². The van der Waals surface area contributed by atoms with Gasteiger partial charge in [-0.25, -0.2) is 4.79 Å². The number of benzene rings is 1. The summed E-state index contributed by atoms with van der Waals surface area (Å²) in [5.74, 6) is 0.615. The van der Waals surface area contributed by atoms with Crippen molar-refractivity contribution >= 4 is 34.5 Å². The second-order valence-electron chi connectivity index (χ2n) is 5.52. The molecular formula is C17H12INO4. The zero-order valence-electron chi connectivity index (χ0n) is 12.0. The number of nitrogens with zero attached hydrogens (tertiary/aromatic N) is 1. The molecule has 1 atom stereocenters. The van der Waals surface area contributed by atoms with Crippen LogP contribution in [0.15, 0.2) is 56.9 Å². The average Bonchev–Trinajstić information content (AvgIpc) is 3.24. The van der Waals surface area contributed by atoms with Crippen molar-refractivity contribution in [2.75, 3.05) is 0 Å². The Morgan fingerprint density at radius 2 is 2.04 bits per heavy atom. The molecule has 0 bridgehead atoms. The summed E-state index contributed by atoms with van der Waals surface area (Å²) in [7, 11) is 0. The molecule has 2 aliphatic rings. The van der Waals surface area contributed by atoms with Crippen LogP contribution in [0.3, 0.4) is 0 Å². The van der Waals surface area contributed by atoms with Crippen LogP contribution in [0.4, 0.5) is 0 Å². The summed E-state index contributed by atoms with van der Waals surface area (Å²) in [4.78, 5) is 27.2. The zero-order chi connectivity index (χ0) is 16.0. The number of hydrogen-bond acceptors (Lipinski definition) is 4. The molecule has 1 unspecified atom stereocenters. The average molecular weight is 421 g/mol. The quantitative estimate of drug-likeness (QED) is 0.552. The highest BCUT2D eigenvalue weighted by Crippen LogP contribution is 2.49. The van der Waals surface area contributed by atoms with E-state index in [9.17, 15) is 9.59 Å². The first-order valence-electron chi connectivity index (χ1n) is 7.12. The Balaban J connectivity index is 1.88. The maximum Gasteiger partial charge on any atom is 0.342 e. The van der Waals surface area contributed by atoms with Gasteiger partial charge in [-0.2, -0.15) is 0 Å². The first kappa shape index (κ1) is 14.5. The molecule has 0 aliphatic carbocycles. The van der Waals surface area contributed by atoms with Gasteiger partial charge in [0.15, 0.2) is 5.54 Å². The predicted molar refractivity (Wildman–Crippen MR) is 89.5 cm³/mol. The standard InChI is InChI=1S/C17H12INO4/c18-9-12-8-17(16(21)23-12)14-6-2-1-5-13(14)15(20)19(17)10-11-4-3-7-22-11/h1-7,9H,8,10H2/b12-9+. The molecule has 0 saturated carbocycles. The topological polar surface area (TPSA) is 59.8 Å². The summed E-state index contributed by atoms with van der Waals surface area (Å²) in [5, 5.41) is 0. The van der Waals surface area contributed by atoms with Gasteiger partial charge >= 0.3 is 5.97 Å². The fourth-order valence-electron chi connectivity index (χ4n) is 3.30. The van der Waals surface area contributed by atoms with Crippen LogP contribution >= 0.6 is 22.6 Å². The number of carbonyl (C=O) groups excluding carboxylic acids is 2. The maximum absolute atomic E-state index is 12.9. The van der Waals surface area contributed by atoms with E-state index < -0.39 is 11.5 Å². The van der Waals surface area contributed by atoms with Gasteiger partial charge in [-0.05, 0) is 40.8 Å². The molecule has 1 aromatic heterocycles. The van der Waals surface area contributed by atoms with Crippen molar-refractivity contribution in [3.63, 3.8) is 0 Å². The van der Waals surface area contributed by atoms with Crippen LogP contribution in [0.5, 0.6) is 0 Å². The van der Waals surface area contributed by atoms with Crippen LogP contribution in [0.1, 0.15) is 28.1 Å². The van der Waals surface area contributed by atoms with E-state index >= 15 is 0 Å². The summed E-state index contributed by atoms with van der Waals surface area (Å²) in [6.45, 7) is 0.226. The Kier molecular flexibility index (Phi) is 3.29. The number of furan rings is 1. The van der Waals surface area contributed by atoms with E-state index in [0.717, 1.165) is 0 Å². The number of amides is 1. The van der Waals surface area contributed by atoms with E-state index in [2.05, 4.69) is 0 Å². The summed E-state index contributed by atoms with van der Waals surface area (Å²) >= 11 is 2.04. The van der Waals surface area contributed by atoms with Crippen LogP contribution in [0.2, 0.25) is 0 Å². The van der Waals surface area contributed by atoms with E-state index in [1.807, 2.05) is 34.7 Å². The van der Waals surface area contributed by atoms with Gasteiger partial charge in [-0.15, -0.1) is 0 Å². The van der Waals surface area contributed by atoms with E-state index in [1.54, 1.807) is 39.5 Å². The second kappa shape index (κ2) is 5.23. The third kappa shape index (κ3) is 1.97. The first-order valence-corrected chi connectivity index (χ1v) is 8.37. The zero-order valence-corrected chi connectivity index (χ0v) is 14.1. The number of cyclic esters (lactones) is 1. The molecule has 1 fully saturated rings. The minimum absolute atomic E-state index is 0.177. The number of rotatable bonds is 2. The largest absolute Gasteiger partial charge is 0.467 e. The van der Waals surface area contributed by atoms with Crippen molar-refractivity contribution in [1.29, 1.82) is 0 Å². The Hall–Kier alpha value is -2.09. The molecule has 23 heavy (non-hydrogen) atoms. The van der Waals surface area contributed by atoms with Crippen LogP contribution in [-0.2, 0) is 21.6 Å². The number of ether oxygens (including phenoxy) is 1. The third-order valence-electron chi connectivity index (χ3n) is 4.32. The summed E-state index contributed by atoms with van der Waals surface area (Å²) < 4.78 is 12.5. The van der Waals surface area contributed by atoms with Gasteiger partial charge in [-0.3, -0.25) is 4.79 Å². The van der Waals surface area contributed by atoms with Crippen LogP contribution < -0.4 is 0 Å². The fourth-order valence-corrected chi connectivity index (χ4v) is 3.64. The molecule has 1 spiro atoms. The van der Waals surface area contributed by atoms with Gasteiger partial charge < -0.3 is 14.1 Å². The lowest BCUT2D eigenvalue weighted by Crippen LogP contribution is -2.46. The monoisotopic (exact) mass is 421 g/mol. The molecule has 4 rings (SSSR count). The van der Waals surface area contributed by atoms with Gasteiger partial charge in [0.05, 0.1) is 12.8 Å². The Morgan fingerprint density at radius 1 is 1.22 bits per heavy atom. The molecule has 2 aliphatic heterocycles. The maximum atomic E-state index is 12.9. The molecule has 1 aromatic carbocycles.